The first kappa shape index (κ1) is 30.4. The van der Waals surface area contributed by atoms with Crippen molar-refractivity contribution in [2.24, 2.45) is 0 Å². The highest BCUT2D eigenvalue weighted by Crippen LogP contribution is 2.33. The number of hydrogen-bond donors (Lipinski definition) is 1. The molecular weight excluding hydrogens is 542 g/mol. The van der Waals surface area contributed by atoms with Gasteiger partial charge in [-0.25, -0.2) is 4.79 Å². The average molecular weight is 582 g/mol. The summed E-state index contributed by atoms with van der Waals surface area (Å²) in [6.07, 6.45) is 29.2. The number of aromatic nitrogens is 3. The number of aryl methyl sites for hydroxylation is 1. The summed E-state index contributed by atoms with van der Waals surface area (Å²) < 4.78 is 5.02. The molecule has 3 aliphatic carbocycles. The molecule has 2 heterocycles. The van der Waals surface area contributed by atoms with E-state index in [1.54, 1.807) is 0 Å². The first-order chi connectivity index (χ1) is 21.4. The smallest absolute Gasteiger partial charge is 0.333 e. The molecule has 2 aromatic heterocycles. The second-order valence-corrected chi connectivity index (χ2v) is 11.1. The van der Waals surface area contributed by atoms with Crippen LogP contribution in [0.1, 0.15) is 50.3 Å². The Morgan fingerprint density at radius 3 is 2.68 bits per heavy atom. The van der Waals surface area contributed by atoms with Gasteiger partial charge in [-0.15, -0.1) is 0 Å². The van der Waals surface area contributed by atoms with Gasteiger partial charge in [0.15, 0.2) is 0 Å². The van der Waals surface area contributed by atoms with Gasteiger partial charge in [0.1, 0.15) is 0 Å². The van der Waals surface area contributed by atoms with Crippen LogP contribution in [0.4, 0.5) is 0 Å². The largest absolute Gasteiger partial charge is 0.466 e. The number of pyridine rings is 1. The van der Waals surface area contributed by atoms with Crippen LogP contribution in [-0.4, -0.2) is 28.3 Å². The number of nitrogens with zero attached hydrogens (tertiary/aromatic N) is 2. The number of carbonyl (C=O) groups excluding carboxylic acids is 1. The Bertz CT molecular complexity index is 1780. The molecule has 5 nitrogen and oxygen atoms in total. The van der Waals surface area contributed by atoms with E-state index in [2.05, 4.69) is 85.0 Å². The van der Waals surface area contributed by atoms with Crippen LogP contribution in [0, 0.1) is 6.92 Å². The number of carbonyl (C=O) groups is 1. The van der Waals surface area contributed by atoms with Gasteiger partial charge in [-0.2, -0.15) is 5.10 Å². The van der Waals surface area contributed by atoms with Crippen molar-refractivity contribution in [2.75, 3.05) is 7.11 Å². The van der Waals surface area contributed by atoms with Gasteiger partial charge < -0.3 is 4.74 Å². The minimum atomic E-state index is -0.247. The van der Waals surface area contributed by atoms with Crippen molar-refractivity contribution in [3.63, 3.8) is 0 Å². The predicted molar refractivity (Wildman–Crippen MR) is 180 cm³/mol. The van der Waals surface area contributed by atoms with Gasteiger partial charge in [0.25, 0.3) is 0 Å². The molecule has 0 saturated heterocycles. The Kier molecular flexibility index (Phi) is 9.65. The molecule has 0 aromatic carbocycles. The number of hydrogen-bond acceptors (Lipinski definition) is 4. The SMILES string of the molecule is C=CC(=C)/C1=C(\C=C(/C)C2=CCC=C3\C=C/C(c4cn[nH]c4-c4cccc(C)n4)=C/C=C/C3=C2)CC/C(C(=O)OC)=C/CC1. The number of H-pyrrole nitrogens is 1. The number of methoxy groups -OCH3 is 1. The van der Waals surface area contributed by atoms with Crippen molar-refractivity contribution in [3.05, 3.63) is 160 Å². The van der Waals surface area contributed by atoms with E-state index in [0.717, 1.165) is 70.6 Å². The third-order valence-electron chi connectivity index (χ3n) is 8.17. The molecule has 0 unspecified atom stereocenters. The maximum Gasteiger partial charge on any atom is 0.333 e. The highest BCUT2D eigenvalue weighted by Gasteiger charge is 2.17. The van der Waals surface area contributed by atoms with Crippen molar-refractivity contribution < 1.29 is 9.53 Å². The number of aromatic amines is 1. The number of fused-ring (bicyclic) bond motifs is 1. The molecule has 0 fully saturated rings. The summed E-state index contributed by atoms with van der Waals surface area (Å²) in [7, 11) is 1.44. The fourth-order valence-electron chi connectivity index (χ4n) is 5.76. The summed E-state index contributed by atoms with van der Waals surface area (Å²) >= 11 is 0. The van der Waals surface area contributed by atoms with Crippen molar-refractivity contribution in [1.29, 1.82) is 0 Å². The standard InChI is InChI=1S/C39H39N3O2/c1-6-26(2)35-17-10-14-31(39(43)44-5)21-22-34(35)23-27(3)32-15-8-12-29-19-20-30(13-9-16-33(29)24-32)36-25-40-42-38(36)37-18-7-11-28(4)41-37/h6-7,9,11-16,18-20,23-25H,1-2,8,10,17,21-22H2,3-5H3,(H,40,42)/b16-9+,20-19-,27-23+,30-13-,31-14-,35-34-. The number of ether oxygens (including phenoxy) is 1. The lowest BCUT2D eigenvalue weighted by Crippen LogP contribution is -2.08. The van der Waals surface area contributed by atoms with Crippen LogP contribution in [0.25, 0.3) is 17.0 Å². The lowest BCUT2D eigenvalue weighted by Gasteiger charge is -2.18. The zero-order valence-corrected chi connectivity index (χ0v) is 25.8. The second-order valence-electron chi connectivity index (χ2n) is 11.1. The van der Waals surface area contributed by atoms with Gasteiger partial charge in [0.05, 0.1) is 24.7 Å². The Morgan fingerprint density at radius 1 is 1.05 bits per heavy atom. The number of allylic oxidation sites excluding steroid dienone is 19. The van der Waals surface area contributed by atoms with E-state index in [4.69, 9.17) is 9.72 Å². The number of nitrogens with one attached hydrogen (secondary N) is 1. The molecule has 1 N–H and O–H groups in total. The molecule has 0 amide bonds. The van der Waals surface area contributed by atoms with E-state index in [1.807, 2.05) is 43.5 Å². The summed E-state index contributed by atoms with van der Waals surface area (Å²) in [5, 5.41) is 7.48. The maximum absolute atomic E-state index is 12.3. The highest BCUT2D eigenvalue weighted by atomic mass is 16.5. The average Bonchev–Trinajstić information content (AvgIpc) is 3.41. The zero-order chi connectivity index (χ0) is 31.1. The zero-order valence-electron chi connectivity index (χ0n) is 25.8. The second kappa shape index (κ2) is 14.0. The molecule has 0 spiro atoms. The van der Waals surface area contributed by atoms with Crippen LogP contribution < -0.4 is 0 Å². The van der Waals surface area contributed by atoms with Crippen LogP contribution in [0.5, 0.6) is 0 Å². The Labute approximate surface area is 260 Å². The van der Waals surface area contributed by atoms with Gasteiger partial charge >= 0.3 is 5.97 Å². The third kappa shape index (κ3) is 6.95. The lowest BCUT2D eigenvalue weighted by atomic mass is 9.87. The first-order valence-corrected chi connectivity index (χ1v) is 15.0. The molecule has 5 heteroatoms. The minimum absolute atomic E-state index is 0.247. The van der Waals surface area contributed by atoms with Crippen LogP contribution in [0.3, 0.4) is 0 Å². The molecule has 0 bridgehead atoms. The van der Waals surface area contributed by atoms with Crippen molar-refractivity contribution in [3.8, 4) is 11.4 Å². The van der Waals surface area contributed by atoms with Gasteiger partial charge in [0, 0.05) is 16.8 Å². The normalized spacial score (nSPS) is 22.8. The number of rotatable bonds is 7. The van der Waals surface area contributed by atoms with Gasteiger partial charge in [-0.05, 0) is 109 Å². The Hall–Kier alpha value is -5.03. The summed E-state index contributed by atoms with van der Waals surface area (Å²) in [5.74, 6) is -0.247. The summed E-state index contributed by atoms with van der Waals surface area (Å²) in [6.45, 7) is 12.4. The predicted octanol–water partition coefficient (Wildman–Crippen LogP) is 9.13. The molecule has 222 valence electrons. The molecular formula is C39H39N3O2. The topological polar surface area (TPSA) is 67.9 Å². The van der Waals surface area contributed by atoms with E-state index in [1.165, 1.54) is 35.0 Å². The molecule has 44 heavy (non-hydrogen) atoms. The van der Waals surface area contributed by atoms with Crippen LogP contribution in [-0.2, 0) is 9.53 Å². The number of esters is 1. The molecule has 0 aliphatic heterocycles. The molecule has 0 saturated carbocycles. The van der Waals surface area contributed by atoms with Gasteiger partial charge in [-0.1, -0.05) is 80.0 Å². The van der Waals surface area contributed by atoms with Gasteiger partial charge in [0.2, 0.25) is 0 Å². The van der Waals surface area contributed by atoms with Crippen molar-refractivity contribution in [1.82, 2.24) is 15.2 Å². The quantitative estimate of drug-likeness (QED) is 0.262. The van der Waals surface area contributed by atoms with Gasteiger partial charge in [-0.3, -0.25) is 10.1 Å². The minimum Gasteiger partial charge on any atom is -0.466 e. The van der Waals surface area contributed by atoms with E-state index in [0.29, 0.717) is 6.42 Å². The molecule has 5 rings (SSSR count). The van der Waals surface area contributed by atoms with Crippen molar-refractivity contribution in [2.45, 2.75) is 46.0 Å². The fraction of sp³-hybridized carbons (Fsp3) is 0.205. The van der Waals surface area contributed by atoms with E-state index in [9.17, 15) is 4.79 Å². The van der Waals surface area contributed by atoms with E-state index < -0.39 is 0 Å². The van der Waals surface area contributed by atoms with Crippen LogP contribution in [0.2, 0.25) is 0 Å². The van der Waals surface area contributed by atoms with Crippen LogP contribution >= 0.6 is 0 Å². The van der Waals surface area contributed by atoms with Crippen molar-refractivity contribution >= 4 is 11.5 Å². The van der Waals surface area contributed by atoms with Crippen LogP contribution in [0.15, 0.2) is 149 Å². The highest BCUT2D eigenvalue weighted by molar-refractivity contribution is 5.88. The summed E-state index contributed by atoms with van der Waals surface area (Å²) in [6, 6.07) is 6.01. The third-order valence-corrected chi connectivity index (χ3v) is 8.17. The van der Waals surface area contributed by atoms with E-state index in [-0.39, 0.29) is 5.97 Å². The monoisotopic (exact) mass is 581 g/mol. The molecule has 0 atom stereocenters. The summed E-state index contributed by atoms with van der Waals surface area (Å²) in [5.41, 5.74) is 13.6. The maximum atomic E-state index is 12.3. The molecule has 0 radical (unpaired) electrons. The lowest BCUT2D eigenvalue weighted by molar-refractivity contribution is -0.136. The Balaban J connectivity index is 1.43. The Morgan fingerprint density at radius 2 is 1.89 bits per heavy atom. The molecule has 3 aliphatic rings. The fourth-order valence-corrected chi connectivity index (χ4v) is 5.76. The molecule has 2 aromatic rings. The van der Waals surface area contributed by atoms with E-state index >= 15 is 0 Å². The summed E-state index contributed by atoms with van der Waals surface area (Å²) in [4.78, 5) is 17.0. The first-order valence-electron chi connectivity index (χ1n) is 15.0.